The molecular weight excluding hydrogens is 550 g/mol. The van der Waals surface area contributed by atoms with Crippen LogP contribution in [-0.2, 0) is 9.84 Å². The Labute approximate surface area is 238 Å². The zero-order chi connectivity index (χ0) is 28.1. The number of nitrogens with one attached hydrogen (secondary N) is 3. The molecule has 0 atom stereocenters. The van der Waals surface area contributed by atoms with Gasteiger partial charge in [0.2, 0.25) is 5.95 Å². The number of para-hydroxylation sites is 2. The number of benzene rings is 2. The molecule has 40 heavy (non-hydrogen) atoms. The Bertz CT molecular complexity index is 1640. The van der Waals surface area contributed by atoms with Gasteiger partial charge in [-0.1, -0.05) is 55.3 Å². The van der Waals surface area contributed by atoms with E-state index in [0.29, 0.717) is 23.3 Å². The first-order chi connectivity index (χ1) is 19.3. The minimum atomic E-state index is -3.49. The number of piperidine rings is 1. The summed E-state index contributed by atoms with van der Waals surface area (Å²) in [4.78, 5) is 26.6. The molecule has 5 rings (SSSR count). The van der Waals surface area contributed by atoms with Crippen LogP contribution >= 0.6 is 11.6 Å². The van der Waals surface area contributed by atoms with Crippen LogP contribution in [0.25, 0.3) is 10.9 Å². The number of rotatable bonds is 9. The molecule has 3 N–H and O–H groups in total. The van der Waals surface area contributed by atoms with E-state index in [1.807, 2.05) is 36.2 Å². The van der Waals surface area contributed by atoms with E-state index >= 15 is 0 Å². The first kappa shape index (κ1) is 27.8. The summed E-state index contributed by atoms with van der Waals surface area (Å²) in [5.41, 5.74) is 4.81. The monoisotopic (exact) mass is 579 g/mol. The largest absolute Gasteiger partial charge is 0.338 e. The van der Waals surface area contributed by atoms with Gasteiger partial charge in [-0.3, -0.25) is 10.2 Å². The van der Waals surface area contributed by atoms with Crippen molar-refractivity contribution < 1.29 is 13.2 Å². The molecule has 0 radical (unpaired) electrons. The fourth-order valence-corrected chi connectivity index (χ4v) is 6.22. The van der Waals surface area contributed by atoms with Crippen LogP contribution in [0.2, 0.25) is 5.02 Å². The smallest absolute Gasteiger partial charge is 0.284 e. The lowest BCUT2D eigenvalue weighted by atomic mass is 10.1. The number of aromatic nitrogens is 3. The van der Waals surface area contributed by atoms with Crippen LogP contribution in [-0.4, -0.2) is 53.1 Å². The van der Waals surface area contributed by atoms with E-state index in [1.165, 1.54) is 6.20 Å². The zero-order valence-corrected chi connectivity index (χ0v) is 23.6. The summed E-state index contributed by atoms with van der Waals surface area (Å²) in [5, 5.41) is 9.17. The highest BCUT2D eigenvalue weighted by molar-refractivity contribution is 7.91. The van der Waals surface area contributed by atoms with Gasteiger partial charge in [-0.15, -0.1) is 0 Å². The van der Waals surface area contributed by atoms with Gasteiger partial charge >= 0.3 is 0 Å². The molecule has 0 aliphatic carbocycles. The second-order valence-electron chi connectivity index (χ2n) is 9.52. The quantitative estimate of drug-likeness (QED) is 0.236. The van der Waals surface area contributed by atoms with Crippen LogP contribution in [0.15, 0.2) is 65.7 Å². The molecule has 3 heterocycles. The Kier molecular flexibility index (Phi) is 8.43. The molecule has 1 saturated heterocycles. The first-order valence-electron chi connectivity index (χ1n) is 13.2. The van der Waals surface area contributed by atoms with E-state index in [0.717, 1.165) is 37.7 Å². The molecule has 1 fully saturated rings. The predicted octanol–water partition coefficient (Wildman–Crippen LogP) is 5.48. The third kappa shape index (κ3) is 6.33. The number of carbonyl (C=O) groups is 1. The molecule has 2 aromatic heterocycles. The van der Waals surface area contributed by atoms with Crippen LogP contribution in [0.3, 0.4) is 0 Å². The van der Waals surface area contributed by atoms with Crippen molar-refractivity contribution in [1.29, 1.82) is 0 Å². The summed E-state index contributed by atoms with van der Waals surface area (Å²) in [6, 6.07) is 15.8. The summed E-state index contributed by atoms with van der Waals surface area (Å²) < 4.78 is 25.6. The minimum Gasteiger partial charge on any atom is -0.338 e. The van der Waals surface area contributed by atoms with Crippen LogP contribution < -0.4 is 16.1 Å². The standard InChI is InChI=1S/C28H30ClN7O3S/c1-2-16-40(38,39)25-13-7-6-12-22(25)32-26-20(29)18-30-28(34-26)33-23-17-24(31-21-11-5-4-10-19(21)23)27(37)35-36-14-8-3-9-15-36/h4-7,10-13,17-18H,2-3,8-9,14-16H2,1H3,(H,35,37)(H2,30,31,32,33,34). The van der Waals surface area contributed by atoms with Gasteiger partial charge in [-0.25, -0.2) is 23.4 Å². The molecule has 1 amide bonds. The normalized spacial score (nSPS) is 14.2. The number of sulfone groups is 1. The first-order valence-corrected chi connectivity index (χ1v) is 15.2. The van der Waals surface area contributed by atoms with Crippen LogP contribution in [0.4, 0.5) is 23.1 Å². The lowest BCUT2D eigenvalue weighted by Gasteiger charge is -2.26. The van der Waals surface area contributed by atoms with E-state index in [9.17, 15) is 13.2 Å². The maximum atomic E-state index is 13.1. The predicted molar refractivity (Wildman–Crippen MR) is 157 cm³/mol. The van der Waals surface area contributed by atoms with Crippen LogP contribution in [0.1, 0.15) is 43.1 Å². The lowest BCUT2D eigenvalue weighted by Crippen LogP contribution is -2.45. The van der Waals surface area contributed by atoms with Gasteiger partial charge in [0.15, 0.2) is 15.7 Å². The van der Waals surface area contributed by atoms with Gasteiger partial charge in [0, 0.05) is 18.5 Å². The zero-order valence-electron chi connectivity index (χ0n) is 22.0. The minimum absolute atomic E-state index is 0.0266. The van der Waals surface area contributed by atoms with Crippen molar-refractivity contribution in [3.63, 3.8) is 0 Å². The topological polar surface area (TPSA) is 129 Å². The average Bonchev–Trinajstić information content (AvgIpc) is 2.95. The third-order valence-electron chi connectivity index (χ3n) is 6.50. The molecule has 1 aliphatic rings. The summed E-state index contributed by atoms with van der Waals surface area (Å²) in [7, 11) is -3.49. The van der Waals surface area contributed by atoms with Crippen molar-refractivity contribution in [3.8, 4) is 0 Å². The molecule has 0 bridgehead atoms. The van der Waals surface area contributed by atoms with Crippen LogP contribution in [0.5, 0.6) is 0 Å². The Morgan fingerprint density at radius 2 is 1.73 bits per heavy atom. The molecule has 10 nitrogen and oxygen atoms in total. The number of fused-ring (bicyclic) bond motifs is 1. The molecule has 0 saturated carbocycles. The van der Waals surface area contributed by atoms with Gasteiger partial charge in [0.05, 0.1) is 33.7 Å². The van der Waals surface area contributed by atoms with Crippen molar-refractivity contribution in [2.45, 2.75) is 37.5 Å². The number of anilines is 4. The lowest BCUT2D eigenvalue weighted by molar-refractivity contribution is 0.0745. The SMILES string of the molecule is CCCS(=O)(=O)c1ccccc1Nc1nc(Nc2cc(C(=O)NN3CCCCC3)nc3ccccc23)ncc1Cl. The summed E-state index contributed by atoms with van der Waals surface area (Å²) >= 11 is 6.40. The molecule has 208 valence electrons. The number of nitrogens with zero attached hydrogens (tertiary/aromatic N) is 4. The molecule has 4 aromatic rings. The van der Waals surface area contributed by atoms with E-state index in [2.05, 4.69) is 31.0 Å². The summed E-state index contributed by atoms with van der Waals surface area (Å²) in [5.74, 6) is 0.179. The molecule has 0 unspecified atom stereocenters. The molecular formula is C28H30ClN7O3S. The second kappa shape index (κ2) is 12.2. The van der Waals surface area contributed by atoms with Gasteiger partial charge in [-0.05, 0) is 43.5 Å². The number of halogens is 1. The molecule has 12 heteroatoms. The highest BCUT2D eigenvalue weighted by Gasteiger charge is 2.20. The Balaban J connectivity index is 1.45. The maximum absolute atomic E-state index is 13.1. The van der Waals surface area contributed by atoms with Crippen molar-refractivity contribution in [2.24, 2.45) is 0 Å². The van der Waals surface area contributed by atoms with E-state index in [-0.39, 0.29) is 39.0 Å². The van der Waals surface area contributed by atoms with Crippen molar-refractivity contribution in [1.82, 2.24) is 25.4 Å². The Morgan fingerprint density at radius 3 is 2.52 bits per heavy atom. The van der Waals surface area contributed by atoms with Crippen LogP contribution in [0, 0.1) is 0 Å². The Hall–Kier alpha value is -3.80. The number of carbonyl (C=O) groups excluding carboxylic acids is 1. The Morgan fingerprint density at radius 1 is 0.975 bits per heavy atom. The van der Waals surface area contributed by atoms with Gasteiger partial charge in [0.25, 0.3) is 5.91 Å². The fourth-order valence-electron chi connectivity index (χ4n) is 4.58. The number of amides is 1. The molecule has 1 aliphatic heterocycles. The van der Waals surface area contributed by atoms with Crippen molar-refractivity contribution >= 4 is 61.4 Å². The van der Waals surface area contributed by atoms with Gasteiger partial charge in [-0.2, -0.15) is 4.98 Å². The molecule has 0 spiro atoms. The second-order valence-corrected chi connectivity index (χ2v) is 12.0. The van der Waals surface area contributed by atoms with Crippen molar-refractivity contribution in [3.05, 3.63) is 71.5 Å². The number of hydrogen-bond donors (Lipinski definition) is 3. The summed E-state index contributed by atoms with van der Waals surface area (Å²) in [6.45, 7) is 3.43. The average molecular weight is 580 g/mol. The highest BCUT2D eigenvalue weighted by atomic mass is 35.5. The van der Waals surface area contributed by atoms with Gasteiger partial charge < -0.3 is 10.6 Å². The van der Waals surface area contributed by atoms with Crippen molar-refractivity contribution in [2.75, 3.05) is 29.5 Å². The number of hydrazine groups is 1. The molecule has 2 aromatic carbocycles. The van der Waals surface area contributed by atoms with Gasteiger partial charge in [0.1, 0.15) is 10.7 Å². The van der Waals surface area contributed by atoms with E-state index < -0.39 is 9.84 Å². The maximum Gasteiger partial charge on any atom is 0.284 e. The highest BCUT2D eigenvalue weighted by Crippen LogP contribution is 2.31. The fraction of sp³-hybridized carbons (Fsp3) is 0.286. The third-order valence-corrected chi connectivity index (χ3v) is 8.75. The number of hydrogen-bond acceptors (Lipinski definition) is 9. The van der Waals surface area contributed by atoms with E-state index in [1.54, 1.807) is 30.3 Å². The summed E-state index contributed by atoms with van der Waals surface area (Å²) in [6.07, 6.45) is 5.16. The van der Waals surface area contributed by atoms with E-state index in [4.69, 9.17) is 11.6 Å². The number of pyridine rings is 1.